The van der Waals surface area contributed by atoms with Gasteiger partial charge >= 0.3 is 0 Å². The molecule has 0 aliphatic heterocycles. The van der Waals surface area contributed by atoms with Crippen molar-refractivity contribution in [1.29, 1.82) is 0 Å². The molecule has 0 aromatic heterocycles. The van der Waals surface area contributed by atoms with E-state index in [1.165, 1.54) is 12.1 Å². The Morgan fingerprint density at radius 1 is 1.00 bits per heavy atom. The standard InChI is InChI=1S/C13H11F3/c1-13(16,12(14)15)11-7-6-9-4-2-3-5-10(9)8-11/h2-8,12H,1H3. The van der Waals surface area contributed by atoms with E-state index in [4.69, 9.17) is 0 Å². The topological polar surface area (TPSA) is 0 Å². The first-order chi connectivity index (χ1) is 7.51. The van der Waals surface area contributed by atoms with Crippen LogP contribution in [0, 0.1) is 0 Å². The van der Waals surface area contributed by atoms with Gasteiger partial charge in [0.15, 0.2) is 5.67 Å². The van der Waals surface area contributed by atoms with Crippen LogP contribution in [0.5, 0.6) is 0 Å². The molecule has 0 saturated carbocycles. The third-order valence-electron chi connectivity index (χ3n) is 2.72. The summed E-state index contributed by atoms with van der Waals surface area (Å²) < 4.78 is 38.8. The largest absolute Gasteiger partial charge is 0.275 e. The van der Waals surface area contributed by atoms with E-state index in [1.807, 2.05) is 12.1 Å². The molecular formula is C13H11F3. The van der Waals surface area contributed by atoms with Crippen molar-refractivity contribution in [3.05, 3.63) is 48.0 Å². The van der Waals surface area contributed by atoms with Gasteiger partial charge in [0.2, 0.25) is 0 Å². The molecule has 0 heterocycles. The van der Waals surface area contributed by atoms with Crippen LogP contribution < -0.4 is 0 Å². The molecule has 0 nitrogen and oxygen atoms in total. The van der Waals surface area contributed by atoms with Gasteiger partial charge in [0.25, 0.3) is 6.43 Å². The van der Waals surface area contributed by atoms with Gasteiger partial charge in [-0.2, -0.15) is 0 Å². The van der Waals surface area contributed by atoms with E-state index in [1.54, 1.807) is 18.2 Å². The molecule has 16 heavy (non-hydrogen) atoms. The predicted molar refractivity (Wildman–Crippen MR) is 58.4 cm³/mol. The van der Waals surface area contributed by atoms with Gasteiger partial charge in [-0.15, -0.1) is 0 Å². The van der Waals surface area contributed by atoms with E-state index in [0.717, 1.165) is 17.7 Å². The Hall–Kier alpha value is -1.51. The number of benzene rings is 2. The van der Waals surface area contributed by atoms with E-state index in [2.05, 4.69) is 0 Å². The maximum absolute atomic E-state index is 13.7. The molecule has 0 aliphatic rings. The second kappa shape index (κ2) is 3.81. The Labute approximate surface area is 91.7 Å². The molecule has 0 aliphatic carbocycles. The highest BCUT2D eigenvalue weighted by atomic mass is 19.3. The molecule has 2 rings (SSSR count). The molecular weight excluding hydrogens is 213 g/mol. The van der Waals surface area contributed by atoms with Crippen LogP contribution in [0.3, 0.4) is 0 Å². The first-order valence-corrected chi connectivity index (χ1v) is 4.98. The van der Waals surface area contributed by atoms with Crippen LogP contribution in [-0.4, -0.2) is 6.43 Å². The fourth-order valence-electron chi connectivity index (χ4n) is 1.62. The van der Waals surface area contributed by atoms with Gasteiger partial charge in [0.05, 0.1) is 0 Å². The lowest BCUT2D eigenvalue weighted by molar-refractivity contribution is -0.0257. The van der Waals surface area contributed by atoms with Crippen molar-refractivity contribution in [2.24, 2.45) is 0 Å². The zero-order valence-corrected chi connectivity index (χ0v) is 8.75. The number of fused-ring (bicyclic) bond motifs is 1. The van der Waals surface area contributed by atoms with E-state index in [0.29, 0.717) is 0 Å². The molecule has 3 heteroatoms. The van der Waals surface area contributed by atoms with Crippen molar-refractivity contribution in [2.75, 3.05) is 0 Å². The normalized spacial score (nSPS) is 15.3. The monoisotopic (exact) mass is 224 g/mol. The zero-order chi connectivity index (χ0) is 11.8. The molecule has 1 unspecified atom stereocenters. The number of alkyl halides is 3. The first kappa shape index (κ1) is 11.0. The number of rotatable bonds is 2. The summed E-state index contributed by atoms with van der Waals surface area (Å²) in [4.78, 5) is 0. The summed E-state index contributed by atoms with van der Waals surface area (Å²) in [5.41, 5.74) is -2.58. The molecule has 0 fully saturated rings. The van der Waals surface area contributed by atoms with Gasteiger partial charge < -0.3 is 0 Å². The van der Waals surface area contributed by atoms with Gasteiger partial charge in [-0.1, -0.05) is 36.4 Å². The molecule has 2 aromatic carbocycles. The lowest BCUT2D eigenvalue weighted by Crippen LogP contribution is -2.24. The number of hydrogen-bond donors (Lipinski definition) is 0. The maximum atomic E-state index is 13.7. The quantitative estimate of drug-likeness (QED) is 0.713. The average Bonchev–Trinajstić information content (AvgIpc) is 2.28. The maximum Gasteiger partial charge on any atom is 0.275 e. The smallest absolute Gasteiger partial charge is 0.233 e. The van der Waals surface area contributed by atoms with Crippen LogP contribution in [0.2, 0.25) is 0 Å². The minimum absolute atomic E-state index is 0.0150. The third-order valence-corrected chi connectivity index (χ3v) is 2.72. The van der Waals surface area contributed by atoms with Crippen molar-refractivity contribution in [3.63, 3.8) is 0 Å². The summed E-state index contributed by atoms with van der Waals surface area (Å²) in [6.45, 7) is 0.905. The number of halogens is 3. The predicted octanol–water partition coefficient (Wildman–Crippen LogP) is 4.29. The van der Waals surface area contributed by atoms with Crippen LogP contribution in [0.15, 0.2) is 42.5 Å². The zero-order valence-electron chi connectivity index (χ0n) is 8.75. The minimum Gasteiger partial charge on any atom is -0.233 e. The van der Waals surface area contributed by atoms with Crippen molar-refractivity contribution in [2.45, 2.75) is 19.0 Å². The lowest BCUT2D eigenvalue weighted by Gasteiger charge is -2.20. The van der Waals surface area contributed by atoms with E-state index < -0.39 is 12.1 Å². The molecule has 0 N–H and O–H groups in total. The Balaban J connectivity index is 2.55. The highest BCUT2D eigenvalue weighted by molar-refractivity contribution is 5.83. The molecule has 0 spiro atoms. The summed E-state index contributed by atoms with van der Waals surface area (Å²) in [6, 6.07) is 11.8. The SMILES string of the molecule is CC(F)(c1ccc2ccccc2c1)C(F)F. The highest BCUT2D eigenvalue weighted by Gasteiger charge is 2.36. The van der Waals surface area contributed by atoms with Crippen molar-refractivity contribution in [1.82, 2.24) is 0 Å². The van der Waals surface area contributed by atoms with Crippen LogP contribution in [0.1, 0.15) is 12.5 Å². The molecule has 84 valence electrons. The lowest BCUT2D eigenvalue weighted by atomic mass is 9.95. The fraction of sp³-hybridized carbons (Fsp3) is 0.231. The van der Waals surface area contributed by atoms with Gasteiger partial charge in [-0.25, -0.2) is 13.2 Å². The second-order valence-electron chi connectivity index (χ2n) is 3.94. The van der Waals surface area contributed by atoms with Gasteiger partial charge in [-0.05, 0) is 29.3 Å². The summed E-state index contributed by atoms with van der Waals surface area (Å²) >= 11 is 0. The van der Waals surface area contributed by atoms with Crippen molar-refractivity contribution >= 4 is 10.8 Å². The minimum atomic E-state index is -3.02. The van der Waals surface area contributed by atoms with Crippen LogP contribution >= 0.6 is 0 Å². The van der Waals surface area contributed by atoms with Crippen molar-refractivity contribution in [3.8, 4) is 0 Å². The molecule has 0 radical (unpaired) electrons. The van der Waals surface area contributed by atoms with Crippen molar-refractivity contribution < 1.29 is 13.2 Å². The van der Waals surface area contributed by atoms with Gasteiger partial charge in [0, 0.05) is 0 Å². The van der Waals surface area contributed by atoms with Crippen LogP contribution in [-0.2, 0) is 5.67 Å². The Bertz CT molecular complexity index is 503. The van der Waals surface area contributed by atoms with Gasteiger partial charge in [0.1, 0.15) is 0 Å². The molecule has 0 saturated heterocycles. The van der Waals surface area contributed by atoms with Crippen LogP contribution in [0.25, 0.3) is 10.8 Å². The Kier molecular flexibility index (Phi) is 2.62. The van der Waals surface area contributed by atoms with E-state index in [-0.39, 0.29) is 5.56 Å². The van der Waals surface area contributed by atoms with E-state index >= 15 is 0 Å². The fourth-order valence-corrected chi connectivity index (χ4v) is 1.62. The molecule has 1 atom stereocenters. The first-order valence-electron chi connectivity index (χ1n) is 4.98. The van der Waals surface area contributed by atoms with Crippen LogP contribution in [0.4, 0.5) is 13.2 Å². The summed E-state index contributed by atoms with van der Waals surface area (Å²) in [6.07, 6.45) is -3.02. The highest BCUT2D eigenvalue weighted by Crippen LogP contribution is 2.33. The summed E-state index contributed by atoms with van der Waals surface area (Å²) in [5.74, 6) is 0. The Morgan fingerprint density at radius 3 is 2.25 bits per heavy atom. The average molecular weight is 224 g/mol. The second-order valence-corrected chi connectivity index (χ2v) is 3.94. The summed E-state index contributed by atoms with van der Waals surface area (Å²) in [7, 11) is 0. The molecule has 0 amide bonds. The van der Waals surface area contributed by atoms with E-state index in [9.17, 15) is 13.2 Å². The van der Waals surface area contributed by atoms with Gasteiger partial charge in [-0.3, -0.25) is 0 Å². The Morgan fingerprint density at radius 2 is 1.62 bits per heavy atom. The summed E-state index contributed by atoms with van der Waals surface area (Å²) in [5, 5.41) is 1.68. The third kappa shape index (κ3) is 1.77. The molecule has 0 bridgehead atoms. The number of hydrogen-bond acceptors (Lipinski definition) is 0. The molecule has 2 aromatic rings.